The summed E-state index contributed by atoms with van der Waals surface area (Å²) >= 11 is 0. The molecule has 36 heavy (non-hydrogen) atoms. The van der Waals surface area contributed by atoms with Crippen LogP contribution in [0.3, 0.4) is 0 Å². The summed E-state index contributed by atoms with van der Waals surface area (Å²) in [7, 11) is 0. The van der Waals surface area contributed by atoms with Gasteiger partial charge in [0.05, 0.1) is 11.6 Å². The zero-order valence-corrected chi connectivity index (χ0v) is 21.0. The van der Waals surface area contributed by atoms with Crippen molar-refractivity contribution in [2.24, 2.45) is 0 Å². The van der Waals surface area contributed by atoms with Crippen LogP contribution in [0.15, 0.2) is 72.6 Å². The number of aromatic nitrogens is 1. The molecule has 0 spiro atoms. The molecule has 2 aliphatic rings. The van der Waals surface area contributed by atoms with Crippen LogP contribution in [0.2, 0.25) is 0 Å². The number of ether oxygens (including phenoxy) is 1. The largest absolute Gasteiger partial charge is 0.507 e. The molecule has 2 unspecified atom stereocenters. The highest BCUT2D eigenvalue weighted by Crippen LogP contribution is 2.41. The molecule has 1 fully saturated rings. The van der Waals surface area contributed by atoms with Crippen LogP contribution < -0.4 is 4.74 Å². The number of likely N-dealkylation sites (tertiary alicyclic amines) is 1. The van der Waals surface area contributed by atoms with E-state index >= 15 is 0 Å². The molecule has 6 heteroatoms. The number of benzene rings is 2. The highest BCUT2D eigenvalue weighted by molar-refractivity contribution is 6.46. The molecule has 1 saturated heterocycles. The van der Waals surface area contributed by atoms with Crippen molar-refractivity contribution in [3.63, 3.8) is 0 Å². The minimum absolute atomic E-state index is 0.0420. The van der Waals surface area contributed by atoms with Crippen LogP contribution in [-0.2, 0) is 28.0 Å². The van der Waals surface area contributed by atoms with Crippen molar-refractivity contribution in [2.75, 3.05) is 0 Å². The number of carbonyl (C=O) groups excluding carboxylic acids is 2. The van der Waals surface area contributed by atoms with E-state index in [1.165, 1.54) is 4.90 Å². The highest BCUT2D eigenvalue weighted by Gasteiger charge is 2.46. The molecule has 2 aliphatic heterocycles. The molecule has 1 N–H and O–H groups in total. The molecule has 6 nitrogen and oxygen atoms in total. The van der Waals surface area contributed by atoms with Crippen molar-refractivity contribution in [1.29, 1.82) is 0 Å². The van der Waals surface area contributed by atoms with Gasteiger partial charge in [0, 0.05) is 30.9 Å². The summed E-state index contributed by atoms with van der Waals surface area (Å²) in [6.07, 6.45) is 4.13. The Morgan fingerprint density at radius 2 is 1.86 bits per heavy atom. The predicted octanol–water partition coefficient (Wildman–Crippen LogP) is 5.32. The van der Waals surface area contributed by atoms with Crippen LogP contribution in [0.4, 0.5) is 0 Å². The molecule has 3 heterocycles. The molecule has 2 atom stereocenters. The number of hydrogen-bond donors (Lipinski definition) is 1. The van der Waals surface area contributed by atoms with Gasteiger partial charge in [0.15, 0.2) is 0 Å². The van der Waals surface area contributed by atoms with E-state index in [9.17, 15) is 14.7 Å². The third kappa shape index (κ3) is 4.28. The summed E-state index contributed by atoms with van der Waals surface area (Å²) in [6, 6.07) is 16.3. The van der Waals surface area contributed by atoms with Crippen LogP contribution in [0, 0.1) is 0 Å². The number of fused-ring (bicyclic) bond motifs is 1. The minimum Gasteiger partial charge on any atom is -0.507 e. The number of aliphatic hydroxyl groups excluding tert-OH is 1. The lowest BCUT2D eigenvalue weighted by atomic mass is 9.85. The van der Waals surface area contributed by atoms with Crippen molar-refractivity contribution < 1.29 is 19.4 Å². The second-order valence-electron chi connectivity index (χ2n) is 10.6. The first-order chi connectivity index (χ1) is 17.1. The summed E-state index contributed by atoms with van der Waals surface area (Å²) in [5, 5.41) is 11.4. The predicted molar refractivity (Wildman–Crippen MR) is 137 cm³/mol. The molecule has 5 rings (SSSR count). The molecule has 0 aliphatic carbocycles. The second-order valence-corrected chi connectivity index (χ2v) is 10.6. The number of hydrogen-bond acceptors (Lipinski definition) is 5. The number of Topliss-reactive ketones (excluding diaryl/α,β-unsaturated/α-hetero) is 1. The highest BCUT2D eigenvalue weighted by atomic mass is 16.5. The fraction of sp³-hybridized carbons (Fsp3) is 0.300. The van der Waals surface area contributed by atoms with E-state index in [0.29, 0.717) is 5.56 Å². The van der Waals surface area contributed by atoms with Crippen LogP contribution in [-0.4, -0.2) is 32.8 Å². The summed E-state index contributed by atoms with van der Waals surface area (Å²) in [5.41, 5.74) is 4.25. The molecule has 1 aromatic heterocycles. The van der Waals surface area contributed by atoms with E-state index in [2.05, 4.69) is 25.8 Å². The van der Waals surface area contributed by atoms with Crippen LogP contribution >= 0.6 is 0 Å². The van der Waals surface area contributed by atoms with Gasteiger partial charge in [-0.25, -0.2) is 0 Å². The van der Waals surface area contributed by atoms with E-state index in [0.717, 1.165) is 34.4 Å². The molecular weight excluding hydrogens is 452 g/mol. The number of pyridine rings is 1. The van der Waals surface area contributed by atoms with E-state index in [1.807, 2.05) is 49.4 Å². The molecule has 0 radical (unpaired) electrons. The standard InChI is InChI=1S/C30H30N2O4/c1-18-14-22-15-21(9-12-24(22)36-18)27(33)25-26(20-7-10-23(11-8-20)30(2,3)4)32(29(35)28(25)34)17-19-6-5-13-31-16-19/h5-13,15-16,18,26,33H,14,17H2,1-4H3/b27-25-. The van der Waals surface area contributed by atoms with Crippen molar-refractivity contribution in [3.8, 4) is 5.75 Å². The lowest BCUT2D eigenvalue weighted by molar-refractivity contribution is -0.140. The normalized spacial score (nSPS) is 20.9. The quantitative estimate of drug-likeness (QED) is 0.309. The molecule has 0 saturated carbocycles. The number of aliphatic hydroxyl groups is 1. The van der Waals surface area contributed by atoms with Crippen LogP contribution in [0.25, 0.3) is 5.76 Å². The number of ketones is 1. The maximum Gasteiger partial charge on any atom is 0.295 e. The Morgan fingerprint density at radius 1 is 1.11 bits per heavy atom. The van der Waals surface area contributed by atoms with Crippen molar-refractivity contribution >= 4 is 17.4 Å². The topological polar surface area (TPSA) is 79.7 Å². The fourth-order valence-electron chi connectivity index (χ4n) is 4.97. The van der Waals surface area contributed by atoms with Crippen molar-refractivity contribution in [1.82, 2.24) is 9.88 Å². The summed E-state index contributed by atoms with van der Waals surface area (Å²) < 4.78 is 5.78. The van der Waals surface area contributed by atoms with Gasteiger partial charge >= 0.3 is 0 Å². The summed E-state index contributed by atoms with van der Waals surface area (Å²) in [6.45, 7) is 8.60. The molecule has 3 aromatic rings. The molecule has 1 amide bonds. The van der Waals surface area contributed by atoms with E-state index in [-0.39, 0.29) is 29.4 Å². The smallest absolute Gasteiger partial charge is 0.295 e. The average Bonchev–Trinajstić information content (AvgIpc) is 3.35. The van der Waals surface area contributed by atoms with Gasteiger partial charge in [0.25, 0.3) is 11.7 Å². The summed E-state index contributed by atoms with van der Waals surface area (Å²) in [4.78, 5) is 32.3. The Labute approximate surface area is 211 Å². The Morgan fingerprint density at radius 3 is 2.53 bits per heavy atom. The number of nitrogens with zero attached hydrogens (tertiary/aromatic N) is 2. The Bertz CT molecular complexity index is 1350. The third-order valence-corrected chi connectivity index (χ3v) is 6.88. The van der Waals surface area contributed by atoms with Crippen molar-refractivity contribution in [3.05, 3.63) is 100 Å². The van der Waals surface area contributed by atoms with Gasteiger partial charge in [-0.2, -0.15) is 0 Å². The van der Waals surface area contributed by atoms with Gasteiger partial charge in [0.2, 0.25) is 0 Å². The number of carbonyl (C=O) groups is 2. The molecule has 0 bridgehead atoms. The fourth-order valence-corrected chi connectivity index (χ4v) is 4.97. The summed E-state index contributed by atoms with van der Waals surface area (Å²) in [5.74, 6) is -0.713. The monoisotopic (exact) mass is 482 g/mol. The lowest BCUT2D eigenvalue weighted by Crippen LogP contribution is -2.29. The van der Waals surface area contributed by atoms with E-state index in [4.69, 9.17) is 4.74 Å². The minimum atomic E-state index is -0.720. The van der Waals surface area contributed by atoms with Crippen LogP contribution in [0.1, 0.15) is 61.6 Å². The Hall–Kier alpha value is -3.93. The maximum absolute atomic E-state index is 13.4. The van der Waals surface area contributed by atoms with Gasteiger partial charge in [0.1, 0.15) is 17.6 Å². The van der Waals surface area contributed by atoms with Crippen LogP contribution in [0.5, 0.6) is 5.75 Å². The van der Waals surface area contributed by atoms with Gasteiger partial charge in [-0.1, -0.05) is 51.1 Å². The lowest BCUT2D eigenvalue weighted by Gasteiger charge is -2.26. The first-order valence-corrected chi connectivity index (χ1v) is 12.2. The van der Waals surface area contributed by atoms with E-state index in [1.54, 1.807) is 24.5 Å². The first kappa shape index (κ1) is 23.8. The number of amides is 1. The van der Waals surface area contributed by atoms with Gasteiger partial charge < -0.3 is 14.7 Å². The maximum atomic E-state index is 13.4. The zero-order valence-electron chi connectivity index (χ0n) is 21.0. The molecule has 184 valence electrons. The van der Waals surface area contributed by atoms with Gasteiger partial charge in [-0.05, 0) is 58.9 Å². The second kappa shape index (κ2) is 8.94. The SMILES string of the molecule is CC1Cc2cc(/C(O)=C3/C(=O)C(=O)N(Cc4cccnc4)C3c3ccc(C(C)(C)C)cc3)ccc2O1. The van der Waals surface area contributed by atoms with Crippen molar-refractivity contribution in [2.45, 2.75) is 58.2 Å². The van der Waals surface area contributed by atoms with Gasteiger partial charge in [-0.3, -0.25) is 14.6 Å². The Balaban J connectivity index is 1.62. The zero-order chi connectivity index (χ0) is 25.6. The number of rotatable bonds is 4. The molecule has 2 aromatic carbocycles. The van der Waals surface area contributed by atoms with E-state index < -0.39 is 17.7 Å². The first-order valence-electron chi connectivity index (χ1n) is 12.2. The molecular formula is C30H30N2O4. The average molecular weight is 483 g/mol. The Kier molecular flexibility index (Phi) is 5.91. The van der Waals surface area contributed by atoms with Gasteiger partial charge in [-0.15, -0.1) is 0 Å². The third-order valence-electron chi connectivity index (χ3n) is 6.88.